The minimum atomic E-state index is -1.41. The van der Waals surface area contributed by atoms with E-state index in [1.165, 1.54) is 33.0 Å². The Bertz CT molecular complexity index is 252. The Morgan fingerprint density at radius 3 is 2.14 bits per heavy atom. The molecule has 0 bridgehead atoms. The van der Waals surface area contributed by atoms with Crippen LogP contribution in [0.5, 0.6) is 0 Å². The van der Waals surface area contributed by atoms with Crippen molar-refractivity contribution in [1.29, 1.82) is 0 Å². The summed E-state index contributed by atoms with van der Waals surface area (Å²) in [5.74, 6) is -1.09. The van der Waals surface area contributed by atoms with Crippen LogP contribution in [-0.4, -0.2) is 49.8 Å². The average molecular weight is 201 g/mol. The van der Waals surface area contributed by atoms with Crippen LogP contribution in [0.2, 0.25) is 0 Å². The fraction of sp³-hybridized carbons (Fsp3) is 0.625. The van der Waals surface area contributed by atoms with Crippen LogP contribution in [0.4, 0.5) is 0 Å². The van der Waals surface area contributed by atoms with Gasteiger partial charge in [-0.2, -0.15) is 0 Å². The van der Waals surface area contributed by atoms with E-state index in [-0.39, 0.29) is 6.41 Å². The lowest BCUT2D eigenvalue weighted by molar-refractivity contribution is -0.143. The van der Waals surface area contributed by atoms with Gasteiger partial charge in [0.2, 0.25) is 6.41 Å². The minimum absolute atomic E-state index is 0.251. The van der Waals surface area contributed by atoms with Gasteiger partial charge in [-0.15, -0.1) is 0 Å². The van der Waals surface area contributed by atoms with Crippen molar-refractivity contribution in [2.75, 3.05) is 21.1 Å². The van der Waals surface area contributed by atoms with Crippen molar-refractivity contribution < 1.29 is 14.4 Å². The van der Waals surface area contributed by atoms with Gasteiger partial charge in [-0.3, -0.25) is 25.0 Å². The average Bonchev–Trinajstić information content (AvgIpc) is 2.15. The zero-order valence-corrected chi connectivity index (χ0v) is 8.75. The second kappa shape index (κ2) is 4.71. The Balaban J connectivity index is 4.87. The standard InChI is InChI=1S/C8H15N3O3/c1-8(9-2,6(13)10-5-12)7(14)11(3)4/h5,9H,1-4H3,(H,10,12,13). The predicted molar refractivity (Wildman–Crippen MR) is 50.4 cm³/mol. The first kappa shape index (κ1) is 12.6. The molecule has 6 nitrogen and oxygen atoms in total. The van der Waals surface area contributed by atoms with Gasteiger partial charge in [0.05, 0.1) is 0 Å². The van der Waals surface area contributed by atoms with Gasteiger partial charge in [0, 0.05) is 14.1 Å². The summed E-state index contributed by atoms with van der Waals surface area (Å²) in [6, 6.07) is 0. The van der Waals surface area contributed by atoms with Crippen molar-refractivity contribution in [1.82, 2.24) is 15.5 Å². The van der Waals surface area contributed by atoms with Crippen LogP contribution in [0.25, 0.3) is 0 Å². The molecule has 6 heteroatoms. The number of likely N-dealkylation sites (N-methyl/N-ethyl adjacent to an activating group) is 2. The summed E-state index contributed by atoms with van der Waals surface area (Å²) in [6.07, 6.45) is 0.251. The highest BCUT2D eigenvalue weighted by Crippen LogP contribution is 2.06. The summed E-state index contributed by atoms with van der Waals surface area (Å²) in [5, 5.41) is 4.53. The summed E-state index contributed by atoms with van der Waals surface area (Å²) in [5.41, 5.74) is -1.41. The molecule has 2 N–H and O–H groups in total. The molecule has 0 fully saturated rings. The van der Waals surface area contributed by atoms with E-state index in [4.69, 9.17) is 0 Å². The molecule has 0 radical (unpaired) electrons. The van der Waals surface area contributed by atoms with Crippen LogP contribution in [0.15, 0.2) is 0 Å². The third-order valence-corrected chi connectivity index (χ3v) is 1.98. The van der Waals surface area contributed by atoms with Crippen molar-refractivity contribution in [3.05, 3.63) is 0 Å². The van der Waals surface area contributed by atoms with E-state index in [9.17, 15) is 14.4 Å². The number of carbonyl (C=O) groups excluding carboxylic acids is 3. The molecular weight excluding hydrogens is 186 g/mol. The summed E-state index contributed by atoms with van der Waals surface area (Å²) in [4.78, 5) is 34.4. The van der Waals surface area contributed by atoms with Crippen molar-refractivity contribution in [3.8, 4) is 0 Å². The molecule has 0 heterocycles. The number of carbonyl (C=O) groups is 3. The highest BCUT2D eigenvalue weighted by atomic mass is 16.2. The van der Waals surface area contributed by atoms with Crippen LogP contribution < -0.4 is 10.6 Å². The van der Waals surface area contributed by atoms with E-state index in [1.54, 1.807) is 0 Å². The lowest BCUT2D eigenvalue weighted by atomic mass is 10.00. The second-order valence-electron chi connectivity index (χ2n) is 3.17. The molecule has 14 heavy (non-hydrogen) atoms. The zero-order chi connectivity index (χ0) is 11.4. The summed E-state index contributed by atoms with van der Waals surface area (Å²) in [7, 11) is 4.55. The maximum Gasteiger partial charge on any atom is 0.256 e. The molecule has 0 aliphatic heterocycles. The van der Waals surface area contributed by atoms with Gasteiger partial charge >= 0.3 is 0 Å². The molecule has 0 aromatic rings. The van der Waals surface area contributed by atoms with Crippen molar-refractivity contribution >= 4 is 18.2 Å². The Hall–Kier alpha value is -1.43. The topological polar surface area (TPSA) is 78.5 Å². The van der Waals surface area contributed by atoms with Gasteiger partial charge in [-0.05, 0) is 14.0 Å². The molecule has 1 atom stereocenters. The van der Waals surface area contributed by atoms with Crippen LogP contribution in [0.1, 0.15) is 6.92 Å². The molecule has 1 unspecified atom stereocenters. The number of nitrogens with zero attached hydrogens (tertiary/aromatic N) is 1. The predicted octanol–water partition coefficient (Wildman–Crippen LogP) is -1.67. The molecule has 0 aromatic heterocycles. The number of nitrogens with one attached hydrogen (secondary N) is 2. The van der Waals surface area contributed by atoms with Crippen LogP contribution in [0, 0.1) is 0 Å². The Labute approximate surface area is 82.6 Å². The van der Waals surface area contributed by atoms with E-state index < -0.39 is 17.4 Å². The Morgan fingerprint density at radius 1 is 1.36 bits per heavy atom. The van der Waals surface area contributed by atoms with Gasteiger partial charge in [-0.1, -0.05) is 0 Å². The van der Waals surface area contributed by atoms with Crippen LogP contribution >= 0.6 is 0 Å². The first-order chi connectivity index (χ1) is 6.40. The molecule has 0 rings (SSSR count). The Kier molecular flexibility index (Phi) is 4.23. The van der Waals surface area contributed by atoms with E-state index in [0.29, 0.717) is 0 Å². The first-order valence-electron chi connectivity index (χ1n) is 4.05. The molecule has 0 aliphatic carbocycles. The largest absolute Gasteiger partial charge is 0.347 e. The second-order valence-corrected chi connectivity index (χ2v) is 3.17. The van der Waals surface area contributed by atoms with Crippen LogP contribution in [0.3, 0.4) is 0 Å². The third-order valence-electron chi connectivity index (χ3n) is 1.98. The third kappa shape index (κ3) is 2.29. The van der Waals surface area contributed by atoms with Gasteiger partial charge in [0.15, 0.2) is 5.54 Å². The number of rotatable bonds is 4. The lowest BCUT2D eigenvalue weighted by Gasteiger charge is -2.28. The number of hydrogen-bond acceptors (Lipinski definition) is 4. The number of amides is 3. The maximum absolute atomic E-state index is 11.6. The number of imide groups is 1. The highest BCUT2D eigenvalue weighted by Gasteiger charge is 2.40. The number of hydrogen-bond donors (Lipinski definition) is 2. The molecule has 3 amide bonds. The quantitative estimate of drug-likeness (QED) is 0.421. The van der Waals surface area contributed by atoms with Gasteiger partial charge in [0.1, 0.15) is 0 Å². The monoisotopic (exact) mass is 201 g/mol. The van der Waals surface area contributed by atoms with Crippen molar-refractivity contribution in [3.63, 3.8) is 0 Å². The maximum atomic E-state index is 11.6. The van der Waals surface area contributed by atoms with Gasteiger partial charge < -0.3 is 4.90 Å². The molecular formula is C8H15N3O3. The van der Waals surface area contributed by atoms with E-state index in [1.807, 2.05) is 5.32 Å². The SMILES string of the molecule is CNC(C)(C(=O)NC=O)C(=O)N(C)C. The summed E-state index contributed by atoms with van der Waals surface area (Å²) < 4.78 is 0. The van der Waals surface area contributed by atoms with Gasteiger partial charge in [-0.25, -0.2) is 0 Å². The van der Waals surface area contributed by atoms with Crippen molar-refractivity contribution in [2.24, 2.45) is 0 Å². The molecule has 0 aromatic carbocycles. The zero-order valence-electron chi connectivity index (χ0n) is 8.75. The molecule has 0 saturated heterocycles. The normalized spacial score (nSPS) is 14.0. The van der Waals surface area contributed by atoms with E-state index in [2.05, 4.69) is 5.32 Å². The van der Waals surface area contributed by atoms with Crippen molar-refractivity contribution in [2.45, 2.75) is 12.5 Å². The fourth-order valence-electron chi connectivity index (χ4n) is 0.963. The molecule has 0 saturated carbocycles. The highest BCUT2D eigenvalue weighted by molar-refractivity contribution is 6.11. The lowest BCUT2D eigenvalue weighted by Crippen LogP contribution is -2.62. The molecule has 80 valence electrons. The minimum Gasteiger partial charge on any atom is -0.347 e. The molecule has 0 spiro atoms. The van der Waals surface area contributed by atoms with Crippen LogP contribution in [-0.2, 0) is 14.4 Å². The molecule has 0 aliphatic rings. The summed E-state index contributed by atoms with van der Waals surface area (Å²) in [6.45, 7) is 1.41. The summed E-state index contributed by atoms with van der Waals surface area (Å²) >= 11 is 0. The van der Waals surface area contributed by atoms with E-state index in [0.717, 1.165) is 0 Å². The van der Waals surface area contributed by atoms with E-state index >= 15 is 0 Å². The Morgan fingerprint density at radius 2 is 1.86 bits per heavy atom. The fourth-order valence-corrected chi connectivity index (χ4v) is 0.963. The smallest absolute Gasteiger partial charge is 0.256 e. The first-order valence-corrected chi connectivity index (χ1v) is 4.05. The van der Waals surface area contributed by atoms with Gasteiger partial charge in [0.25, 0.3) is 11.8 Å².